The minimum atomic E-state index is 0.961. The lowest BCUT2D eigenvalue weighted by molar-refractivity contribution is 1.16. The zero-order valence-electron chi connectivity index (χ0n) is 11.4. The zero-order chi connectivity index (χ0) is 14.2. The average molecular weight is 348 g/mol. The van der Waals surface area contributed by atoms with Gasteiger partial charge < -0.3 is 5.32 Å². The van der Waals surface area contributed by atoms with Gasteiger partial charge in [0.1, 0.15) is 0 Å². The Kier molecular flexibility index (Phi) is 3.92. The van der Waals surface area contributed by atoms with E-state index in [1.54, 1.807) is 0 Å². The molecule has 4 rings (SSSR count). The summed E-state index contributed by atoms with van der Waals surface area (Å²) in [5.41, 5.74) is 1.26. The first-order valence-corrected chi connectivity index (χ1v) is 10.0. The van der Waals surface area contributed by atoms with Crippen LogP contribution in [0, 0.1) is 0 Å². The molecule has 106 valence electrons. The third kappa shape index (κ3) is 2.61. The molecular formula is C16H13NS4. The van der Waals surface area contributed by atoms with Gasteiger partial charge in [-0.25, -0.2) is 0 Å². The summed E-state index contributed by atoms with van der Waals surface area (Å²) in [6.45, 7) is 3.10. The lowest BCUT2D eigenvalue weighted by Gasteiger charge is -2.07. The lowest BCUT2D eigenvalue weighted by Crippen LogP contribution is -1.97. The highest BCUT2D eigenvalue weighted by Crippen LogP contribution is 2.62. The second-order valence-electron chi connectivity index (χ2n) is 4.59. The van der Waals surface area contributed by atoms with E-state index in [9.17, 15) is 0 Å². The van der Waals surface area contributed by atoms with Crippen molar-refractivity contribution in [2.45, 2.75) is 26.5 Å². The number of nitrogens with one attached hydrogen (secondary N) is 1. The molecule has 0 saturated heterocycles. The number of hydrogen-bond donors (Lipinski definition) is 1. The molecule has 0 aromatic heterocycles. The minimum Gasteiger partial charge on any atom is -0.384 e. The van der Waals surface area contributed by atoms with Crippen molar-refractivity contribution in [2.75, 3.05) is 11.9 Å². The van der Waals surface area contributed by atoms with Crippen LogP contribution in [-0.4, -0.2) is 6.54 Å². The predicted molar refractivity (Wildman–Crippen MR) is 97.5 cm³/mol. The molecule has 5 heteroatoms. The van der Waals surface area contributed by atoms with Gasteiger partial charge in [-0.3, -0.25) is 0 Å². The molecule has 1 nitrogen and oxygen atoms in total. The topological polar surface area (TPSA) is 12.0 Å². The van der Waals surface area contributed by atoms with Gasteiger partial charge in [0.05, 0.1) is 8.47 Å². The fourth-order valence-corrected chi connectivity index (χ4v) is 7.66. The Morgan fingerprint density at radius 2 is 1.38 bits per heavy atom. The number of benzene rings is 2. The molecule has 0 aliphatic carbocycles. The van der Waals surface area contributed by atoms with Gasteiger partial charge in [0.15, 0.2) is 0 Å². The normalized spacial score (nSPS) is 16.0. The van der Waals surface area contributed by atoms with Crippen molar-refractivity contribution in [2.24, 2.45) is 0 Å². The van der Waals surface area contributed by atoms with E-state index in [2.05, 4.69) is 54.7 Å². The van der Waals surface area contributed by atoms with Crippen LogP contribution >= 0.6 is 47.0 Å². The summed E-state index contributed by atoms with van der Waals surface area (Å²) in [4.78, 5) is 5.52. The second-order valence-corrected chi connectivity index (χ2v) is 9.29. The van der Waals surface area contributed by atoms with Crippen LogP contribution < -0.4 is 5.32 Å². The maximum atomic E-state index is 3.47. The quantitative estimate of drug-likeness (QED) is 0.678. The molecule has 2 aromatic rings. The van der Waals surface area contributed by atoms with Crippen molar-refractivity contribution >= 4 is 52.7 Å². The Labute approximate surface area is 141 Å². The SMILES string of the molecule is CCNc1cccc2c1SC(=C1Sc3ccccc3S1)S2. The van der Waals surface area contributed by atoms with Gasteiger partial charge in [-0.1, -0.05) is 65.2 Å². The first kappa shape index (κ1) is 14.0. The molecule has 0 spiro atoms. The lowest BCUT2D eigenvalue weighted by atomic mass is 10.3. The fourth-order valence-electron chi connectivity index (χ4n) is 2.25. The van der Waals surface area contributed by atoms with Gasteiger partial charge in [0.25, 0.3) is 0 Å². The van der Waals surface area contributed by atoms with Crippen LogP contribution in [0.4, 0.5) is 5.69 Å². The van der Waals surface area contributed by atoms with Gasteiger partial charge in [-0.05, 0) is 31.2 Å². The van der Waals surface area contributed by atoms with E-state index in [0.717, 1.165) is 6.54 Å². The second kappa shape index (κ2) is 5.88. The molecular weight excluding hydrogens is 334 g/mol. The van der Waals surface area contributed by atoms with Crippen LogP contribution in [0.3, 0.4) is 0 Å². The summed E-state index contributed by atoms with van der Waals surface area (Å²) in [7, 11) is 0. The Balaban J connectivity index is 1.66. The summed E-state index contributed by atoms with van der Waals surface area (Å²) in [5, 5.41) is 3.47. The largest absolute Gasteiger partial charge is 0.384 e. The molecule has 0 fully saturated rings. The van der Waals surface area contributed by atoms with E-state index in [-0.39, 0.29) is 0 Å². The molecule has 2 heterocycles. The summed E-state index contributed by atoms with van der Waals surface area (Å²) < 4.78 is 2.84. The maximum absolute atomic E-state index is 3.47. The predicted octanol–water partition coefficient (Wildman–Crippen LogP) is 6.34. The van der Waals surface area contributed by atoms with Crippen LogP contribution in [0.5, 0.6) is 0 Å². The van der Waals surface area contributed by atoms with E-state index in [4.69, 9.17) is 0 Å². The van der Waals surface area contributed by atoms with Crippen molar-refractivity contribution in [3.8, 4) is 0 Å². The first-order chi connectivity index (χ1) is 10.3. The van der Waals surface area contributed by atoms with Crippen molar-refractivity contribution in [1.29, 1.82) is 0 Å². The van der Waals surface area contributed by atoms with E-state index in [1.807, 2.05) is 47.0 Å². The third-order valence-corrected chi connectivity index (χ3v) is 8.85. The molecule has 0 bridgehead atoms. The third-order valence-electron chi connectivity index (χ3n) is 3.16. The fraction of sp³-hybridized carbons (Fsp3) is 0.125. The van der Waals surface area contributed by atoms with E-state index < -0.39 is 0 Å². The highest BCUT2D eigenvalue weighted by atomic mass is 32.2. The summed E-state index contributed by atoms with van der Waals surface area (Å²) in [6.07, 6.45) is 0. The number of rotatable bonds is 2. The number of anilines is 1. The van der Waals surface area contributed by atoms with E-state index in [1.165, 1.54) is 33.7 Å². The molecule has 0 atom stereocenters. The van der Waals surface area contributed by atoms with E-state index >= 15 is 0 Å². The summed E-state index contributed by atoms with van der Waals surface area (Å²) in [5.74, 6) is 0. The van der Waals surface area contributed by atoms with Gasteiger partial charge in [-0.2, -0.15) is 0 Å². The Morgan fingerprint density at radius 1 is 0.762 bits per heavy atom. The Morgan fingerprint density at radius 3 is 2.10 bits per heavy atom. The zero-order valence-corrected chi connectivity index (χ0v) is 14.6. The molecule has 0 radical (unpaired) electrons. The Hall–Kier alpha value is -0.620. The van der Waals surface area contributed by atoms with Gasteiger partial charge in [-0.15, -0.1) is 0 Å². The van der Waals surface area contributed by atoms with Crippen LogP contribution in [0.2, 0.25) is 0 Å². The highest BCUT2D eigenvalue weighted by molar-refractivity contribution is 8.30. The van der Waals surface area contributed by atoms with Gasteiger partial charge in [0, 0.05) is 31.8 Å². The molecule has 2 aliphatic rings. The smallest absolute Gasteiger partial charge is 0.0707 e. The molecule has 21 heavy (non-hydrogen) atoms. The van der Waals surface area contributed by atoms with Crippen molar-refractivity contribution in [1.82, 2.24) is 0 Å². The number of hydrogen-bond acceptors (Lipinski definition) is 5. The van der Waals surface area contributed by atoms with Crippen molar-refractivity contribution < 1.29 is 0 Å². The molecule has 0 amide bonds. The molecule has 1 N–H and O–H groups in total. The van der Waals surface area contributed by atoms with Crippen LogP contribution in [0.15, 0.2) is 70.5 Å². The maximum Gasteiger partial charge on any atom is 0.0707 e. The molecule has 2 aromatic carbocycles. The van der Waals surface area contributed by atoms with Gasteiger partial charge >= 0.3 is 0 Å². The van der Waals surface area contributed by atoms with Crippen molar-refractivity contribution in [3.05, 3.63) is 50.9 Å². The molecule has 0 unspecified atom stereocenters. The van der Waals surface area contributed by atoms with Crippen molar-refractivity contribution in [3.63, 3.8) is 0 Å². The molecule has 2 aliphatic heterocycles. The van der Waals surface area contributed by atoms with Crippen LogP contribution in [-0.2, 0) is 0 Å². The standard InChI is InChI=1S/C16H13NS4/c1-2-17-10-6-5-9-13-14(10)21-16(20-13)15-18-11-7-3-4-8-12(11)19-15/h3-9,17H,2H2,1H3. The van der Waals surface area contributed by atoms with Crippen LogP contribution in [0.25, 0.3) is 0 Å². The number of fused-ring (bicyclic) bond motifs is 2. The monoisotopic (exact) mass is 347 g/mol. The highest BCUT2D eigenvalue weighted by Gasteiger charge is 2.27. The first-order valence-electron chi connectivity index (χ1n) is 6.77. The minimum absolute atomic E-state index is 0.961. The Bertz CT molecular complexity index is 712. The van der Waals surface area contributed by atoms with Gasteiger partial charge in [0.2, 0.25) is 0 Å². The van der Waals surface area contributed by atoms with E-state index in [0.29, 0.717) is 0 Å². The summed E-state index contributed by atoms with van der Waals surface area (Å²) in [6, 6.07) is 15.2. The summed E-state index contributed by atoms with van der Waals surface area (Å²) >= 11 is 7.62. The average Bonchev–Trinajstić information content (AvgIpc) is 3.11. The van der Waals surface area contributed by atoms with Crippen LogP contribution in [0.1, 0.15) is 6.92 Å². The molecule has 0 saturated carbocycles. The number of thioether (sulfide) groups is 4.